The molecule has 9 heteroatoms. The van der Waals surface area contributed by atoms with Crippen molar-refractivity contribution in [2.75, 3.05) is 26.2 Å². The molecule has 1 amide bonds. The third kappa shape index (κ3) is 6.36. The van der Waals surface area contributed by atoms with Gasteiger partial charge in [-0.3, -0.25) is 9.69 Å². The number of carbonyl (C=O) groups is 1. The fourth-order valence-electron chi connectivity index (χ4n) is 4.54. The van der Waals surface area contributed by atoms with E-state index in [1.807, 2.05) is 36.4 Å². The number of aryl methyl sites for hydroxylation is 2. The quantitative estimate of drug-likeness (QED) is 0.588. The van der Waals surface area contributed by atoms with Crippen LogP contribution in [0.2, 0.25) is 0 Å². The number of rotatable bonds is 5. The molecule has 2 aromatic carbocycles. The molecule has 1 aromatic heterocycles. The van der Waals surface area contributed by atoms with E-state index in [4.69, 9.17) is 0 Å². The molecule has 0 saturated carbocycles. The number of aromatic nitrogens is 2. The van der Waals surface area contributed by atoms with Gasteiger partial charge in [-0.1, -0.05) is 60.2 Å². The first-order valence-electron chi connectivity index (χ1n) is 11.9. The molecule has 2 heterocycles. The van der Waals surface area contributed by atoms with Crippen LogP contribution in [0.5, 0.6) is 0 Å². The summed E-state index contributed by atoms with van der Waals surface area (Å²) in [5, 5.41) is 2.99. The highest BCUT2D eigenvalue weighted by Crippen LogP contribution is 2.30. The summed E-state index contributed by atoms with van der Waals surface area (Å²) in [5.74, 6) is -0.169. The first-order chi connectivity index (χ1) is 16.8. The Morgan fingerprint density at radius 1 is 1.06 bits per heavy atom. The monoisotopic (exact) mass is 495 g/mol. The molecule has 1 fully saturated rings. The maximum atomic E-state index is 13.8. The summed E-state index contributed by atoms with van der Waals surface area (Å²) in [5.41, 5.74) is 3.19. The zero-order chi connectivity index (χ0) is 24.8. The van der Waals surface area contributed by atoms with Crippen molar-refractivity contribution in [3.63, 3.8) is 0 Å². The molecule has 35 heavy (non-hydrogen) atoms. The minimum Gasteiger partial charge on any atom is -0.355 e. The van der Waals surface area contributed by atoms with Crippen molar-refractivity contribution >= 4 is 15.9 Å². The molecule has 1 atom stereocenters. The minimum atomic E-state index is -3.92. The van der Waals surface area contributed by atoms with Crippen LogP contribution in [0.3, 0.4) is 0 Å². The van der Waals surface area contributed by atoms with Crippen molar-refractivity contribution in [1.82, 2.24) is 24.1 Å². The van der Waals surface area contributed by atoms with Crippen molar-refractivity contribution in [2.24, 2.45) is 7.05 Å². The molecule has 1 unspecified atom stereocenters. The van der Waals surface area contributed by atoms with Gasteiger partial charge in [0.05, 0.1) is 12.4 Å². The lowest BCUT2D eigenvalue weighted by molar-refractivity contribution is -0.122. The van der Waals surface area contributed by atoms with Gasteiger partial charge in [0.25, 0.3) is 10.0 Å². The van der Waals surface area contributed by atoms with Crippen LogP contribution in [0.4, 0.5) is 0 Å². The van der Waals surface area contributed by atoms with E-state index in [0.29, 0.717) is 26.1 Å². The molecule has 0 radical (unpaired) electrons. The number of carbonyl (C=O) groups excluding carboxylic acids is 1. The predicted octanol–water partition coefficient (Wildman–Crippen LogP) is 2.87. The van der Waals surface area contributed by atoms with E-state index in [0.717, 1.165) is 12.1 Å². The van der Waals surface area contributed by atoms with Crippen LogP contribution in [-0.2, 0) is 28.4 Å². The topological polar surface area (TPSA) is 87.5 Å². The van der Waals surface area contributed by atoms with E-state index < -0.39 is 16.1 Å². The van der Waals surface area contributed by atoms with Gasteiger partial charge in [0.15, 0.2) is 5.03 Å². The molecular weight excluding hydrogens is 462 g/mol. The molecule has 1 aliphatic heterocycles. The van der Waals surface area contributed by atoms with E-state index >= 15 is 0 Å². The van der Waals surface area contributed by atoms with E-state index in [1.165, 1.54) is 28.0 Å². The molecule has 0 spiro atoms. The van der Waals surface area contributed by atoms with E-state index in [9.17, 15) is 13.2 Å². The molecule has 0 aliphatic carbocycles. The van der Waals surface area contributed by atoms with E-state index in [1.54, 1.807) is 11.6 Å². The second kappa shape index (κ2) is 11.2. The van der Waals surface area contributed by atoms with Crippen LogP contribution < -0.4 is 5.32 Å². The SMILES string of the molecule is Cc1cccc(CN2CCCN(S(=O)(=O)c3cn(C)cn3)C(c3ccccc3)CC(=O)NCC2)c1. The van der Waals surface area contributed by atoms with Gasteiger partial charge >= 0.3 is 0 Å². The van der Waals surface area contributed by atoms with Gasteiger partial charge in [-0.2, -0.15) is 4.31 Å². The Morgan fingerprint density at radius 2 is 1.86 bits per heavy atom. The second-order valence-electron chi connectivity index (χ2n) is 9.09. The first-order valence-corrected chi connectivity index (χ1v) is 13.4. The number of hydrogen-bond acceptors (Lipinski definition) is 5. The highest BCUT2D eigenvalue weighted by atomic mass is 32.2. The summed E-state index contributed by atoms with van der Waals surface area (Å²) in [7, 11) is -2.18. The summed E-state index contributed by atoms with van der Waals surface area (Å²) in [6.07, 6.45) is 3.67. The van der Waals surface area contributed by atoms with Crippen LogP contribution in [-0.4, -0.2) is 59.3 Å². The number of imidazole rings is 1. The highest BCUT2D eigenvalue weighted by Gasteiger charge is 2.35. The molecule has 3 aromatic rings. The van der Waals surface area contributed by atoms with Crippen molar-refractivity contribution in [1.29, 1.82) is 0 Å². The fraction of sp³-hybridized carbons (Fsp3) is 0.385. The van der Waals surface area contributed by atoms with Crippen molar-refractivity contribution in [2.45, 2.75) is 37.4 Å². The summed E-state index contributed by atoms with van der Waals surface area (Å²) in [6.45, 7) is 5.02. The lowest BCUT2D eigenvalue weighted by Gasteiger charge is -2.30. The molecule has 4 rings (SSSR count). The van der Waals surface area contributed by atoms with Gasteiger partial charge in [0.2, 0.25) is 5.91 Å². The smallest absolute Gasteiger partial charge is 0.262 e. The Morgan fingerprint density at radius 3 is 2.57 bits per heavy atom. The number of nitrogens with one attached hydrogen (secondary N) is 1. The Hall–Kier alpha value is -3.01. The average Bonchev–Trinajstić information content (AvgIpc) is 3.26. The number of sulfonamides is 1. The van der Waals surface area contributed by atoms with E-state index in [2.05, 4.69) is 40.3 Å². The predicted molar refractivity (Wildman–Crippen MR) is 135 cm³/mol. The zero-order valence-electron chi connectivity index (χ0n) is 20.3. The molecule has 186 valence electrons. The third-order valence-electron chi connectivity index (χ3n) is 6.26. The van der Waals surface area contributed by atoms with Crippen LogP contribution in [0.15, 0.2) is 72.1 Å². The number of hydrogen-bond donors (Lipinski definition) is 1. The maximum absolute atomic E-state index is 13.8. The van der Waals surface area contributed by atoms with Gasteiger partial charge in [-0.15, -0.1) is 0 Å². The van der Waals surface area contributed by atoms with Gasteiger partial charge in [-0.05, 0) is 31.0 Å². The van der Waals surface area contributed by atoms with Gasteiger partial charge in [0, 0.05) is 45.8 Å². The second-order valence-corrected chi connectivity index (χ2v) is 10.9. The van der Waals surface area contributed by atoms with Gasteiger partial charge in [-0.25, -0.2) is 13.4 Å². The normalized spacial score (nSPS) is 19.1. The summed E-state index contributed by atoms with van der Waals surface area (Å²) >= 11 is 0. The summed E-state index contributed by atoms with van der Waals surface area (Å²) in [6, 6.07) is 17.1. The Kier molecular flexibility index (Phi) is 8.00. The number of amides is 1. The van der Waals surface area contributed by atoms with Crippen LogP contribution in [0.1, 0.15) is 35.6 Å². The standard InChI is InChI=1S/C26H33N5O3S/c1-21-8-6-9-22(16-21)18-30-13-7-14-31(35(33,34)26-19-29(2)20-28-26)24(17-25(32)27-12-15-30)23-10-4-3-5-11-23/h3-6,8-11,16,19-20,24H,7,12-15,17-18H2,1-2H3,(H,27,32). The summed E-state index contributed by atoms with van der Waals surface area (Å²) < 4.78 is 30.6. The maximum Gasteiger partial charge on any atom is 0.262 e. The van der Waals surface area contributed by atoms with Crippen LogP contribution in [0.25, 0.3) is 0 Å². The van der Waals surface area contributed by atoms with Crippen LogP contribution >= 0.6 is 0 Å². The van der Waals surface area contributed by atoms with Gasteiger partial charge < -0.3 is 9.88 Å². The third-order valence-corrected chi connectivity index (χ3v) is 8.05. The van der Waals surface area contributed by atoms with E-state index in [-0.39, 0.29) is 23.9 Å². The largest absolute Gasteiger partial charge is 0.355 e. The molecule has 1 N–H and O–H groups in total. The average molecular weight is 496 g/mol. The molecule has 1 saturated heterocycles. The highest BCUT2D eigenvalue weighted by molar-refractivity contribution is 7.89. The minimum absolute atomic E-state index is 0.00664. The van der Waals surface area contributed by atoms with Crippen molar-refractivity contribution in [3.8, 4) is 0 Å². The fourth-order valence-corrected chi connectivity index (χ4v) is 6.16. The van der Waals surface area contributed by atoms with Crippen molar-refractivity contribution in [3.05, 3.63) is 83.8 Å². The Labute approximate surface area is 207 Å². The molecular formula is C26H33N5O3S. The molecule has 8 nitrogen and oxygen atoms in total. The summed E-state index contributed by atoms with van der Waals surface area (Å²) in [4.78, 5) is 19.3. The number of benzene rings is 2. The Balaban J connectivity index is 1.64. The molecule has 1 aliphatic rings. The molecule has 0 bridgehead atoms. The van der Waals surface area contributed by atoms with Crippen LogP contribution in [0, 0.1) is 6.92 Å². The number of nitrogens with zero attached hydrogens (tertiary/aromatic N) is 4. The van der Waals surface area contributed by atoms with Crippen molar-refractivity contribution < 1.29 is 13.2 Å². The first kappa shape index (κ1) is 25.1. The Bertz CT molecular complexity index is 1240. The van der Waals surface area contributed by atoms with Gasteiger partial charge in [0.1, 0.15) is 0 Å². The zero-order valence-corrected chi connectivity index (χ0v) is 21.1. The lowest BCUT2D eigenvalue weighted by Crippen LogP contribution is -2.39. The lowest BCUT2D eigenvalue weighted by atomic mass is 10.0.